The van der Waals surface area contributed by atoms with E-state index < -0.39 is 5.97 Å². The molecule has 0 spiro atoms. The Kier molecular flexibility index (Phi) is 4.30. The number of aryl methyl sites for hydroxylation is 1. The van der Waals surface area contributed by atoms with Crippen LogP contribution in [0.2, 0.25) is 0 Å². The fourth-order valence-corrected chi connectivity index (χ4v) is 1.67. The molecule has 2 rings (SSSR count). The summed E-state index contributed by atoms with van der Waals surface area (Å²) in [5, 5.41) is 0. The molecule has 0 amide bonds. The van der Waals surface area contributed by atoms with Crippen molar-refractivity contribution in [2.45, 2.75) is 13.5 Å². The zero-order chi connectivity index (χ0) is 14.5. The monoisotopic (exact) mass is 275 g/mol. The standard InChI is InChI=1S/C15H14FNO3/c1-10-7-12(16)4-6-14(10)20-9-13-5-3-11(8-17-13)15(18)19-2/h3-8H,9H2,1-2H3. The second-order valence-corrected chi connectivity index (χ2v) is 4.23. The number of methoxy groups -OCH3 is 1. The van der Waals surface area contributed by atoms with E-state index >= 15 is 0 Å². The first-order valence-corrected chi connectivity index (χ1v) is 6.02. The van der Waals surface area contributed by atoms with Gasteiger partial charge in [0.2, 0.25) is 0 Å². The Morgan fingerprint density at radius 3 is 2.70 bits per heavy atom. The van der Waals surface area contributed by atoms with Crippen molar-refractivity contribution in [1.82, 2.24) is 4.98 Å². The van der Waals surface area contributed by atoms with E-state index in [0.29, 0.717) is 17.0 Å². The van der Waals surface area contributed by atoms with Gasteiger partial charge in [-0.3, -0.25) is 4.98 Å². The summed E-state index contributed by atoms with van der Waals surface area (Å²) in [5.74, 6) is -0.125. The number of hydrogen-bond donors (Lipinski definition) is 0. The third-order valence-electron chi connectivity index (χ3n) is 2.76. The van der Waals surface area contributed by atoms with E-state index in [-0.39, 0.29) is 12.4 Å². The first-order chi connectivity index (χ1) is 9.60. The van der Waals surface area contributed by atoms with Crippen molar-refractivity contribution in [3.63, 3.8) is 0 Å². The summed E-state index contributed by atoms with van der Waals surface area (Å²) in [6.45, 7) is 2.01. The van der Waals surface area contributed by atoms with Crippen molar-refractivity contribution in [2.24, 2.45) is 0 Å². The number of halogens is 1. The molecule has 104 valence electrons. The number of nitrogens with zero attached hydrogens (tertiary/aromatic N) is 1. The lowest BCUT2D eigenvalue weighted by Gasteiger charge is -2.08. The first-order valence-electron chi connectivity index (χ1n) is 6.02. The minimum Gasteiger partial charge on any atom is -0.487 e. The van der Waals surface area contributed by atoms with E-state index in [1.165, 1.54) is 25.4 Å². The number of pyridine rings is 1. The molecule has 20 heavy (non-hydrogen) atoms. The number of esters is 1. The predicted molar refractivity (Wildman–Crippen MR) is 71.0 cm³/mol. The molecule has 0 aliphatic carbocycles. The fourth-order valence-electron chi connectivity index (χ4n) is 1.67. The van der Waals surface area contributed by atoms with Crippen molar-refractivity contribution >= 4 is 5.97 Å². The Hall–Kier alpha value is -2.43. The molecule has 5 heteroatoms. The molecule has 0 fully saturated rings. The number of hydrogen-bond acceptors (Lipinski definition) is 4. The van der Waals surface area contributed by atoms with Crippen LogP contribution < -0.4 is 4.74 Å². The Bertz CT molecular complexity index is 611. The molecular formula is C15H14FNO3. The van der Waals surface area contributed by atoms with Crippen LogP contribution in [0, 0.1) is 12.7 Å². The van der Waals surface area contributed by atoms with Crippen molar-refractivity contribution in [3.8, 4) is 5.75 Å². The zero-order valence-corrected chi connectivity index (χ0v) is 11.2. The molecule has 1 heterocycles. The third-order valence-corrected chi connectivity index (χ3v) is 2.76. The molecule has 0 saturated heterocycles. The largest absolute Gasteiger partial charge is 0.487 e. The SMILES string of the molecule is COC(=O)c1ccc(COc2ccc(F)cc2C)nc1. The quantitative estimate of drug-likeness (QED) is 0.805. The summed E-state index contributed by atoms with van der Waals surface area (Å²) < 4.78 is 23.1. The fraction of sp³-hybridized carbons (Fsp3) is 0.200. The maximum atomic E-state index is 13.0. The number of carbonyl (C=O) groups is 1. The van der Waals surface area contributed by atoms with Crippen LogP contribution in [0.25, 0.3) is 0 Å². The van der Waals surface area contributed by atoms with Gasteiger partial charge >= 0.3 is 5.97 Å². The predicted octanol–water partition coefficient (Wildman–Crippen LogP) is 2.89. The van der Waals surface area contributed by atoms with Crippen molar-refractivity contribution in [2.75, 3.05) is 7.11 Å². The normalized spacial score (nSPS) is 10.2. The minimum absolute atomic E-state index is 0.244. The summed E-state index contributed by atoms with van der Waals surface area (Å²) >= 11 is 0. The third kappa shape index (κ3) is 3.32. The molecule has 2 aromatic rings. The van der Waals surface area contributed by atoms with Crippen LogP contribution in [0.4, 0.5) is 4.39 Å². The van der Waals surface area contributed by atoms with Crippen LogP contribution in [0.15, 0.2) is 36.5 Å². The van der Waals surface area contributed by atoms with E-state index in [0.717, 1.165) is 5.56 Å². The molecule has 1 aromatic heterocycles. The average molecular weight is 275 g/mol. The highest BCUT2D eigenvalue weighted by Crippen LogP contribution is 2.19. The highest BCUT2D eigenvalue weighted by Gasteiger charge is 2.06. The highest BCUT2D eigenvalue weighted by molar-refractivity contribution is 5.88. The van der Waals surface area contributed by atoms with E-state index in [1.54, 1.807) is 25.1 Å². The van der Waals surface area contributed by atoms with Gasteiger partial charge < -0.3 is 9.47 Å². The van der Waals surface area contributed by atoms with Crippen LogP contribution >= 0.6 is 0 Å². The lowest BCUT2D eigenvalue weighted by molar-refractivity contribution is 0.0600. The van der Waals surface area contributed by atoms with Crippen LogP contribution in [-0.2, 0) is 11.3 Å². The number of ether oxygens (including phenoxy) is 2. The molecule has 0 unspecified atom stereocenters. The molecular weight excluding hydrogens is 261 g/mol. The van der Waals surface area contributed by atoms with E-state index in [9.17, 15) is 9.18 Å². The second-order valence-electron chi connectivity index (χ2n) is 4.23. The van der Waals surface area contributed by atoms with Crippen molar-refractivity contribution in [1.29, 1.82) is 0 Å². The molecule has 0 radical (unpaired) electrons. The van der Waals surface area contributed by atoms with Gasteiger partial charge in [-0.1, -0.05) is 0 Å². The minimum atomic E-state index is -0.431. The molecule has 4 nitrogen and oxygen atoms in total. The number of carbonyl (C=O) groups excluding carboxylic acids is 1. The Morgan fingerprint density at radius 2 is 2.10 bits per heavy atom. The number of benzene rings is 1. The van der Waals surface area contributed by atoms with E-state index in [4.69, 9.17) is 4.74 Å². The van der Waals surface area contributed by atoms with Crippen LogP contribution in [-0.4, -0.2) is 18.1 Å². The Balaban J connectivity index is 2.02. The molecule has 0 atom stereocenters. The van der Waals surface area contributed by atoms with Crippen LogP contribution in [0.1, 0.15) is 21.6 Å². The summed E-state index contributed by atoms with van der Waals surface area (Å²) in [5.41, 5.74) is 1.77. The van der Waals surface area contributed by atoms with Gasteiger partial charge in [0.05, 0.1) is 18.4 Å². The van der Waals surface area contributed by atoms with E-state index in [1.807, 2.05) is 0 Å². The molecule has 0 bridgehead atoms. The Morgan fingerprint density at radius 1 is 1.30 bits per heavy atom. The topological polar surface area (TPSA) is 48.4 Å². The smallest absolute Gasteiger partial charge is 0.339 e. The average Bonchev–Trinajstić information content (AvgIpc) is 2.46. The molecule has 0 aliphatic rings. The van der Waals surface area contributed by atoms with Gasteiger partial charge in [0, 0.05) is 6.20 Å². The van der Waals surface area contributed by atoms with Gasteiger partial charge in [-0.25, -0.2) is 9.18 Å². The molecule has 1 aromatic carbocycles. The van der Waals surface area contributed by atoms with Gasteiger partial charge in [-0.2, -0.15) is 0 Å². The Labute approximate surface area is 116 Å². The molecule has 0 N–H and O–H groups in total. The van der Waals surface area contributed by atoms with Crippen molar-refractivity contribution < 1.29 is 18.7 Å². The number of aromatic nitrogens is 1. The first kappa shape index (κ1) is 14.0. The number of rotatable bonds is 4. The highest BCUT2D eigenvalue weighted by atomic mass is 19.1. The second kappa shape index (κ2) is 6.14. The lowest BCUT2D eigenvalue weighted by Crippen LogP contribution is -2.04. The van der Waals surface area contributed by atoms with Gasteiger partial charge in [-0.15, -0.1) is 0 Å². The van der Waals surface area contributed by atoms with Gasteiger partial charge in [-0.05, 0) is 42.8 Å². The summed E-state index contributed by atoms with van der Waals surface area (Å²) in [4.78, 5) is 15.4. The summed E-state index contributed by atoms with van der Waals surface area (Å²) in [7, 11) is 1.32. The van der Waals surface area contributed by atoms with Gasteiger partial charge in [0.15, 0.2) is 0 Å². The summed E-state index contributed by atoms with van der Waals surface area (Å²) in [6, 6.07) is 7.63. The van der Waals surface area contributed by atoms with Gasteiger partial charge in [0.1, 0.15) is 18.2 Å². The van der Waals surface area contributed by atoms with Crippen LogP contribution in [0.5, 0.6) is 5.75 Å². The molecule has 0 saturated carbocycles. The maximum absolute atomic E-state index is 13.0. The maximum Gasteiger partial charge on any atom is 0.339 e. The van der Waals surface area contributed by atoms with Crippen molar-refractivity contribution in [3.05, 3.63) is 59.2 Å². The molecule has 0 aliphatic heterocycles. The zero-order valence-electron chi connectivity index (χ0n) is 11.2. The van der Waals surface area contributed by atoms with Gasteiger partial charge in [0.25, 0.3) is 0 Å². The van der Waals surface area contributed by atoms with E-state index in [2.05, 4.69) is 9.72 Å². The summed E-state index contributed by atoms with van der Waals surface area (Å²) in [6.07, 6.45) is 1.43. The van der Waals surface area contributed by atoms with Crippen LogP contribution in [0.3, 0.4) is 0 Å². The lowest BCUT2D eigenvalue weighted by atomic mass is 10.2.